The van der Waals surface area contributed by atoms with Crippen LogP contribution in [0.15, 0.2) is 53.4 Å². The van der Waals surface area contributed by atoms with Crippen molar-refractivity contribution in [1.82, 2.24) is 9.21 Å². The number of aryl methyl sites for hydroxylation is 2. The summed E-state index contributed by atoms with van der Waals surface area (Å²) in [6, 6.07) is 15.3. The average molecular weight is 415 g/mol. The van der Waals surface area contributed by atoms with E-state index >= 15 is 0 Å². The average Bonchev–Trinajstić information content (AvgIpc) is 3.06. The zero-order valence-corrected chi connectivity index (χ0v) is 17.5. The van der Waals surface area contributed by atoms with Gasteiger partial charge < -0.3 is 4.90 Å². The molecule has 28 heavy (non-hydrogen) atoms. The molecule has 4 rings (SSSR count). The molecule has 0 N–H and O–H groups in total. The topological polar surface area (TPSA) is 57.7 Å². The van der Waals surface area contributed by atoms with Crippen LogP contribution in [0, 0.1) is 13.8 Å². The Morgan fingerprint density at radius 2 is 1.64 bits per heavy atom. The molecule has 0 spiro atoms. The van der Waals surface area contributed by atoms with Gasteiger partial charge in [-0.25, -0.2) is 8.42 Å². The van der Waals surface area contributed by atoms with E-state index in [1.165, 1.54) is 15.6 Å². The van der Waals surface area contributed by atoms with Gasteiger partial charge in [-0.1, -0.05) is 36.4 Å². The monoisotopic (exact) mass is 414 g/mol. The minimum absolute atomic E-state index is 0.0450. The number of hydrogen-bond acceptors (Lipinski definition) is 4. The van der Waals surface area contributed by atoms with Gasteiger partial charge in [0.1, 0.15) is 0 Å². The molecular formula is C21H22N2O3S2. The summed E-state index contributed by atoms with van der Waals surface area (Å²) in [5, 5.41) is 1.95. The standard InChI is InChI=1S/C21H22N2O3S2/c1-15-14-20(16(2)27-15)28(25,26)23-12-10-22(11-13-23)21(24)19-9-5-7-17-6-3-4-8-18(17)19/h3-9,14H,10-13H2,1-2H3. The number of thiophene rings is 1. The lowest BCUT2D eigenvalue weighted by molar-refractivity contribution is 0.0700. The van der Waals surface area contributed by atoms with E-state index in [-0.39, 0.29) is 5.91 Å². The van der Waals surface area contributed by atoms with Crippen molar-refractivity contribution in [3.05, 3.63) is 63.8 Å². The van der Waals surface area contributed by atoms with Gasteiger partial charge in [0, 0.05) is 41.5 Å². The van der Waals surface area contributed by atoms with Gasteiger partial charge >= 0.3 is 0 Å². The number of hydrogen-bond donors (Lipinski definition) is 0. The first-order valence-corrected chi connectivity index (χ1v) is 11.5. The second-order valence-corrected chi connectivity index (χ2v) is 10.4. The van der Waals surface area contributed by atoms with Crippen LogP contribution < -0.4 is 0 Å². The second kappa shape index (κ2) is 7.31. The summed E-state index contributed by atoms with van der Waals surface area (Å²) in [4.78, 5) is 17.0. The molecule has 1 aliphatic rings. The molecule has 0 saturated carbocycles. The predicted molar refractivity (Wildman–Crippen MR) is 112 cm³/mol. The smallest absolute Gasteiger partial charge is 0.254 e. The Balaban J connectivity index is 1.52. The summed E-state index contributed by atoms with van der Waals surface area (Å²) in [6.07, 6.45) is 0. The lowest BCUT2D eigenvalue weighted by Gasteiger charge is -2.34. The van der Waals surface area contributed by atoms with E-state index in [1.54, 1.807) is 11.0 Å². The van der Waals surface area contributed by atoms with Crippen molar-refractivity contribution >= 4 is 38.0 Å². The van der Waals surface area contributed by atoms with Crippen molar-refractivity contribution in [3.8, 4) is 0 Å². The normalized spacial score (nSPS) is 15.9. The van der Waals surface area contributed by atoms with Gasteiger partial charge in [0.25, 0.3) is 5.91 Å². The zero-order valence-electron chi connectivity index (χ0n) is 15.9. The van der Waals surface area contributed by atoms with Crippen LogP contribution in [-0.4, -0.2) is 49.7 Å². The van der Waals surface area contributed by atoms with Crippen LogP contribution in [0.3, 0.4) is 0 Å². The fraction of sp³-hybridized carbons (Fsp3) is 0.286. The summed E-state index contributed by atoms with van der Waals surface area (Å²) >= 11 is 1.49. The zero-order chi connectivity index (χ0) is 19.9. The van der Waals surface area contributed by atoms with Crippen LogP contribution >= 0.6 is 11.3 Å². The van der Waals surface area contributed by atoms with Gasteiger partial charge in [0.15, 0.2) is 0 Å². The highest BCUT2D eigenvalue weighted by Crippen LogP contribution is 2.28. The predicted octanol–water partition coefficient (Wildman–Crippen LogP) is 3.66. The van der Waals surface area contributed by atoms with E-state index in [1.807, 2.05) is 56.3 Å². The number of amides is 1. The molecule has 2 aromatic carbocycles. The Hall–Kier alpha value is -2.22. The lowest BCUT2D eigenvalue weighted by atomic mass is 10.0. The van der Waals surface area contributed by atoms with Crippen molar-refractivity contribution in [2.75, 3.05) is 26.2 Å². The summed E-state index contributed by atoms with van der Waals surface area (Å²) in [7, 11) is -3.51. The number of fused-ring (bicyclic) bond motifs is 1. The summed E-state index contributed by atoms with van der Waals surface area (Å²) in [5.74, 6) is -0.0450. The Labute approximate surface area is 169 Å². The molecule has 0 unspecified atom stereocenters. The maximum Gasteiger partial charge on any atom is 0.254 e. The molecule has 1 aromatic heterocycles. The number of rotatable bonds is 3. The number of carbonyl (C=O) groups is 1. The molecule has 1 saturated heterocycles. The minimum Gasteiger partial charge on any atom is -0.336 e. The number of nitrogens with zero attached hydrogens (tertiary/aromatic N) is 2. The van der Waals surface area contributed by atoms with E-state index in [0.717, 1.165) is 20.5 Å². The van der Waals surface area contributed by atoms with Gasteiger partial charge in [-0.05, 0) is 36.8 Å². The number of piperazine rings is 1. The number of carbonyl (C=O) groups excluding carboxylic acids is 1. The highest BCUT2D eigenvalue weighted by Gasteiger charge is 2.32. The summed E-state index contributed by atoms with van der Waals surface area (Å²) < 4.78 is 27.4. The maximum absolute atomic E-state index is 13.1. The van der Waals surface area contributed by atoms with Gasteiger partial charge in [0.2, 0.25) is 10.0 Å². The van der Waals surface area contributed by atoms with E-state index in [9.17, 15) is 13.2 Å². The first-order chi connectivity index (χ1) is 13.4. The van der Waals surface area contributed by atoms with Crippen molar-refractivity contribution in [3.63, 3.8) is 0 Å². The van der Waals surface area contributed by atoms with Crippen LogP contribution in [0.2, 0.25) is 0 Å². The quantitative estimate of drug-likeness (QED) is 0.657. The largest absolute Gasteiger partial charge is 0.336 e. The van der Waals surface area contributed by atoms with Crippen molar-refractivity contribution < 1.29 is 13.2 Å². The van der Waals surface area contributed by atoms with E-state index in [2.05, 4.69) is 0 Å². The van der Waals surface area contributed by atoms with Crippen LogP contribution in [0.5, 0.6) is 0 Å². The van der Waals surface area contributed by atoms with Gasteiger partial charge in [0.05, 0.1) is 4.90 Å². The molecule has 0 bridgehead atoms. The number of benzene rings is 2. The Kier molecular flexibility index (Phi) is 4.99. The van der Waals surface area contributed by atoms with Gasteiger partial charge in [-0.3, -0.25) is 4.79 Å². The molecule has 1 aliphatic heterocycles. The fourth-order valence-corrected chi connectivity index (χ4v) is 6.66. The van der Waals surface area contributed by atoms with Crippen LogP contribution in [0.1, 0.15) is 20.1 Å². The molecule has 3 aromatic rings. The lowest BCUT2D eigenvalue weighted by Crippen LogP contribution is -2.50. The van der Waals surface area contributed by atoms with E-state index in [0.29, 0.717) is 36.6 Å². The van der Waals surface area contributed by atoms with Gasteiger partial charge in [-0.15, -0.1) is 11.3 Å². The highest BCUT2D eigenvalue weighted by atomic mass is 32.2. The molecule has 0 atom stereocenters. The molecule has 1 fully saturated rings. The first-order valence-electron chi connectivity index (χ1n) is 9.22. The maximum atomic E-state index is 13.1. The molecule has 1 amide bonds. The minimum atomic E-state index is -3.51. The number of sulfonamides is 1. The molecular weight excluding hydrogens is 392 g/mol. The Morgan fingerprint density at radius 1 is 0.964 bits per heavy atom. The molecule has 7 heteroatoms. The van der Waals surface area contributed by atoms with Crippen molar-refractivity contribution in [1.29, 1.82) is 0 Å². The van der Waals surface area contributed by atoms with E-state index in [4.69, 9.17) is 0 Å². The Morgan fingerprint density at radius 3 is 2.32 bits per heavy atom. The molecule has 0 radical (unpaired) electrons. The van der Waals surface area contributed by atoms with Crippen LogP contribution in [0.4, 0.5) is 0 Å². The third kappa shape index (κ3) is 3.34. The molecule has 2 heterocycles. The molecule has 146 valence electrons. The SMILES string of the molecule is Cc1cc(S(=O)(=O)N2CCN(C(=O)c3cccc4ccccc34)CC2)c(C)s1. The van der Waals surface area contributed by atoms with Crippen LogP contribution in [0.25, 0.3) is 10.8 Å². The third-order valence-corrected chi connectivity index (χ3v) is 8.28. The first kappa shape index (κ1) is 19.1. The van der Waals surface area contributed by atoms with Gasteiger partial charge in [-0.2, -0.15) is 4.31 Å². The second-order valence-electron chi connectivity index (χ2n) is 7.00. The third-order valence-electron chi connectivity index (χ3n) is 5.16. The fourth-order valence-electron chi connectivity index (χ4n) is 3.72. The van der Waals surface area contributed by atoms with E-state index < -0.39 is 10.0 Å². The molecule has 5 nitrogen and oxygen atoms in total. The highest BCUT2D eigenvalue weighted by molar-refractivity contribution is 7.89. The van der Waals surface area contributed by atoms with Crippen molar-refractivity contribution in [2.45, 2.75) is 18.7 Å². The van der Waals surface area contributed by atoms with Crippen molar-refractivity contribution in [2.24, 2.45) is 0 Å². The Bertz CT molecular complexity index is 1140. The van der Waals surface area contributed by atoms with Crippen LogP contribution in [-0.2, 0) is 10.0 Å². The molecule has 0 aliphatic carbocycles. The summed E-state index contributed by atoms with van der Waals surface area (Å²) in [6.45, 7) is 5.16. The summed E-state index contributed by atoms with van der Waals surface area (Å²) in [5.41, 5.74) is 0.665.